The Balaban J connectivity index is -0.00000182. The molecule has 598 valence electrons. The van der Waals surface area contributed by atoms with E-state index in [1.807, 2.05) is 0 Å². The SMILES string of the molecule is CCCCCCCCCCCCCCCC(=O)NC[C@H]1O[C@@H](O[C@@H]2[C@@H](O)[C@H](N)C[C@H](N)[C@H]2O[C@H]2O[C@H](CN)[C@@H](O)[C@H](O)[C@H]2N)[C@H](O)[C@@H]1O[C@H]1O[C@@H](CN)[C@@H](O)[C@H](O)[C@H]1N.O=C(O)C(F)(F)F.O=C(O)C(F)(F)F.O=C(O)C(F)(F)F.O=C(O)C(F)(F)F.O=C(O)C(F)(F)F.O=C(O)C(F)(F)F. The molecule has 32 nitrogen and oxygen atoms in total. The molecule has 0 aromatic carbocycles. The number of amides is 1. The Morgan fingerprint density at radius 2 is 0.644 bits per heavy atom. The Bertz CT molecular complexity index is 2240. The van der Waals surface area contributed by atoms with Gasteiger partial charge in [0.2, 0.25) is 5.91 Å². The lowest BCUT2D eigenvalue weighted by Gasteiger charge is -2.47. The molecule has 0 bridgehead atoms. The van der Waals surface area contributed by atoms with Crippen molar-refractivity contribution in [3.63, 3.8) is 0 Å². The van der Waals surface area contributed by atoms with Crippen molar-refractivity contribution in [2.75, 3.05) is 19.6 Å². The quantitative estimate of drug-likeness (QED) is 0.0462. The van der Waals surface area contributed by atoms with Crippen LogP contribution in [0.15, 0.2) is 0 Å². The van der Waals surface area contributed by atoms with Crippen LogP contribution in [0.1, 0.15) is 103 Å². The molecule has 1 aliphatic carbocycles. The number of carbonyl (C=O) groups excluding carboxylic acids is 1. The minimum absolute atomic E-state index is 0.0836. The number of halogens is 18. The molecule has 0 aromatic heterocycles. The van der Waals surface area contributed by atoms with Crippen LogP contribution in [-0.4, -0.2) is 276 Å². The van der Waals surface area contributed by atoms with Crippen LogP contribution in [0.5, 0.6) is 0 Å². The van der Waals surface area contributed by atoms with Crippen molar-refractivity contribution < 1.29 is 202 Å². The molecule has 101 heavy (non-hydrogen) atoms. The number of aliphatic carboxylic acids is 6. The molecule has 1 amide bonds. The van der Waals surface area contributed by atoms with E-state index in [2.05, 4.69) is 12.2 Å². The van der Waals surface area contributed by atoms with Crippen molar-refractivity contribution in [3.8, 4) is 0 Å². The number of unbranched alkanes of at least 4 members (excludes halogenated alkanes) is 12. The second-order valence-electron chi connectivity index (χ2n) is 21.7. The molecule has 0 aromatic rings. The summed E-state index contributed by atoms with van der Waals surface area (Å²) in [6.07, 6.45) is -34.7. The summed E-state index contributed by atoms with van der Waals surface area (Å²) in [5.41, 5.74) is 36.5. The van der Waals surface area contributed by atoms with Crippen molar-refractivity contribution in [2.24, 2.45) is 34.4 Å². The van der Waals surface area contributed by atoms with Crippen LogP contribution >= 0.6 is 0 Å². The van der Waals surface area contributed by atoms with Gasteiger partial charge < -0.3 is 129 Å². The van der Waals surface area contributed by atoms with E-state index >= 15 is 0 Å². The lowest BCUT2D eigenvalue weighted by molar-refractivity contribution is -0.306. The van der Waals surface area contributed by atoms with Crippen LogP contribution in [0.2, 0.25) is 0 Å². The third-order valence-corrected chi connectivity index (χ3v) is 13.7. The Kier molecular flexibility index (Phi) is 45.5. The standard InChI is InChI=1S/C39H77N7O13.6C2HF3O2/c1-2-3-4-5-6-7-8-9-10-11-12-13-14-15-25(47)46-19-24-35(58-38-27(45)32(52)30(50)23(18-41)55-38)33(53)39(56-24)59-36-28(48)20(42)16-21(43)34(36)57-37-26(44)31(51)29(49)22(17-40)54-37;6*3-2(4,5)1(6)7/h20-24,26-39,48-53H,2-19,40-45H2,1H3,(H,46,47);6*(H,6,7)/t20-,21+,22-,23+,24-,26-,27-,28+,29-,30-,31-,32-,33-,34-,35-,36-,37-,38-,39+;;;;;;/m1....../s1. The second kappa shape index (κ2) is 46.2. The monoisotopic (exact) mass is 1540 g/mol. The van der Waals surface area contributed by atoms with Gasteiger partial charge in [-0.2, -0.15) is 79.0 Å². The first-order chi connectivity index (χ1) is 45.9. The zero-order valence-corrected chi connectivity index (χ0v) is 52.6. The maximum Gasteiger partial charge on any atom is 0.490 e. The van der Waals surface area contributed by atoms with Gasteiger partial charge in [0.15, 0.2) is 18.9 Å². The summed E-state index contributed by atoms with van der Waals surface area (Å²) in [6, 6.07) is -4.25. The van der Waals surface area contributed by atoms with Gasteiger partial charge in [-0.05, 0) is 12.8 Å². The predicted octanol–water partition coefficient (Wildman–Crippen LogP) is 0.510. The third kappa shape index (κ3) is 39.7. The highest BCUT2D eigenvalue weighted by Crippen LogP contribution is 2.35. The van der Waals surface area contributed by atoms with Crippen molar-refractivity contribution in [3.05, 3.63) is 0 Å². The largest absolute Gasteiger partial charge is 0.490 e. The lowest BCUT2D eigenvalue weighted by atomic mass is 9.84. The van der Waals surface area contributed by atoms with Crippen molar-refractivity contribution in [2.45, 2.75) is 257 Å². The molecule has 1 saturated carbocycles. The van der Waals surface area contributed by atoms with Crippen molar-refractivity contribution in [1.29, 1.82) is 0 Å². The molecule has 4 fully saturated rings. The lowest BCUT2D eigenvalue weighted by Crippen LogP contribution is -2.68. The molecule has 0 radical (unpaired) electrons. The molecule has 25 N–H and O–H groups in total. The van der Waals surface area contributed by atoms with Gasteiger partial charge in [-0.3, -0.25) is 4.79 Å². The first kappa shape index (κ1) is 99.5. The summed E-state index contributed by atoms with van der Waals surface area (Å²) in [4.78, 5) is 66.4. The van der Waals surface area contributed by atoms with E-state index < -0.39 is 189 Å². The van der Waals surface area contributed by atoms with E-state index in [-0.39, 0.29) is 38.4 Å². The molecule has 50 heteroatoms. The summed E-state index contributed by atoms with van der Waals surface area (Å²) in [6.45, 7) is 1.76. The average Bonchev–Trinajstić information content (AvgIpc) is 1.77. The van der Waals surface area contributed by atoms with Crippen LogP contribution < -0.4 is 39.7 Å². The van der Waals surface area contributed by atoms with E-state index in [4.69, 9.17) is 122 Å². The Morgan fingerprint density at radius 1 is 0.376 bits per heavy atom. The summed E-state index contributed by atoms with van der Waals surface area (Å²) in [7, 11) is 0. The van der Waals surface area contributed by atoms with Crippen molar-refractivity contribution >= 4 is 41.7 Å². The molecule has 4 rings (SSSR count). The fourth-order valence-electron chi connectivity index (χ4n) is 8.37. The van der Waals surface area contributed by atoms with Gasteiger partial charge in [-0.25, -0.2) is 28.8 Å². The van der Waals surface area contributed by atoms with Crippen LogP contribution in [0.3, 0.4) is 0 Å². The van der Waals surface area contributed by atoms with Crippen LogP contribution in [0.4, 0.5) is 79.0 Å². The van der Waals surface area contributed by atoms with E-state index in [0.717, 1.165) is 19.3 Å². The van der Waals surface area contributed by atoms with E-state index in [9.17, 15) is 114 Å². The number of ether oxygens (including phenoxy) is 6. The maximum absolute atomic E-state index is 13.0. The number of carboxylic acids is 6. The van der Waals surface area contributed by atoms with Gasteiger partial charge in [0.25, 0.3) is 0 Å². The maximum atomic E-state index is 13.0. The minimum Gasteiger partial charge on any atom is -0.475 e. The topological polar surface area (TPSA) is 586 Å². The van der Waals surface area contributed by atoms with E-state index in [1.165, 1.54) is 57.8 Å². The first-order valence-corrected chi connectivity index (χ1v) is 29.4. The zero-order valence-electron chi connectivity index (χ0n) is 52.6. The number of aliphatic hydroxyl groups is 6. The number of nitrogens with two attached hydrogens (primary N) is 6. The van der Waals surface area contributed by atoms with E-state index in [1.54, 1.807) is 0 Å². The third-order valence-electron chi connectivity index (χ3n) is 13.7. The zero-order chi connectivity index (χ0) is 79.7. The molecule has 3 heterocycles. The number of alkyl halides is 18. The predicted molar refractivity (Wildman–Crippen MR) is 297 cm³/mol. The van der Waals surface area contributed by atoms with Crippen molar-refractivity contribution in [1.82, 2.24) is 5.32 Å². The highest BCUT2D eigenvalue weighted by molar-refractivity contribution is 5.76. The normalized spacial score (nSPS) is 29.0. The number of hydrogen-bond acceptors (Lipinski definition) is 25. The van der Waals surface area contributed by atoms with E-state index in [0.29, 0.717) is 6.42 Å². The van der Waals surface area contributed by atoms with Gasteiger partial charge in [-0.1, -0.05) is 84.0 Å². The summed E-state index contributed by atoms with van der Waals surface area (Å²) in [5.74, 6) is -16.8. The minimum atomic E-state index is -5.08. The average molecular weight is 1540 g/mol. The van der Waals surface area contributed by atoms with Gasteiger partial charge in [0.1, 0.15) is 67.1 Å². The van der Waals surface area contributed by atoms with Crippen LogP contribution in [-0.2, 0) is 62.0 Å². The first-order valence-electron chi connectivity index (χ1n) is 29.4. The molecule has 3 saturated heterocycles. The van der Waals surface area contributed by atoms with Crippen LogP contribution in [0, 0.1) is 0 Å². The number of aliphatic hydroxyl groups excluding tert-OH is 6. The number of hydrogen-bond donors (Lipinski definition) is 19. The summed E-state index contributed by atoms with van der Waals surface area (Å²) < 4.78 is 227. The van der Waals surface area contributed by atoms with Gasteiger partial charge in [-0.15, -0.1) is 0 Å². The number of carboxylic acid groups (broad SMARTS) is 6. The number of rotatable bonds is 24. The molecule has 19 atom stereocenters. The van der Waals surface area contributed by atoms with Gasteiger partial charge >= 0.3 is 72.9 Å². The number of nitrogens with one attached hydrogen (secondary N) is 1. The van der Waals surface area contributed by atoms with Gasteiger partial charge in [0, 0.05) is 38.1 Å². The fraction of sp³-hybridized carbons (Fsp3) is 0.863. The Labute approximate surface area is 559 Å². The second-order valence-corrected chi connectivity index (χ2v) is 21.7. The Morgan fingerprint density at radius 3 is 0.931 bits per heavy atom. The molecular formula is C51H83F18N7O25. The highest BCUT2D eigenvalue weighted by Gasteiger charge is 2.55. The summed E-state index contributed by atoms with van der Waals surface area (Å²) >= 11 is 0. The Hall–Kier alpha value is -5.69. The highest BCUT2D eigenvalue weighted by atomic mass is 19.4. The summed E-state index contributed by atoms with van der Waals surface area (Å²) in [5, 5.41) is 111. The molecular weight excluding hydrogens is 1450 g/mol. The smallest absolute Gasteiger partial charge is 0.475 e. The number of carbonyl (C=O) groups is 7. The van der Waals surface area contributed by atoms with Crippen LogP contribution in [0.25, 0.3) is 0 Å². The molecule has 0 spiro atoms. The molecule has 0 unspecified atom stereocenters. The van der Waals surface area contributed by atoms with Gasteiger partial charge in [0.05, 0.1) is 18.2 Å². The fourth-order valence-corrected chi connectivity index (χ4v) is 8.37. The molecule has 3 aliphatic heterocycles. The molecule has 4 aliphatic rings.